The Balaban J connectivity index is 1.29. The summed E-state index contributed by atoms with van der Waals surface area (Å²) in [5.41, 5.74) is 3.25. The van der Waals surface area contributed by atoms with E-state index in [0.29, 0.717) is 6.54 Å². The number of carbonyl (C=O) groups is 1. The second-order valence-corrected chi connectivity index (χ2v) is 7.56. The molecule has 1 amide bonds. The lowest BCUT2D eigenvalue weighted by Crippen LogP contribution is -2.55. The number of hydrogen-bond acceptors (Lipinski definition) is 4. The molecule has 4 rings (SSSR count). The normalized spacial score (nSPS) is 22.1. The van der Waals surface area contributed by atoms with Crippen LogP contribution in [0.15, 0.2) is 18.2 Å². The lowest BCUT2D eigenvalue weighted by Gasteiger charge is -2.43. The van der Waals surface area contributed by atoms with Crippen LogP contribution >= 0.6 is 0 Å². The third kappa shape index (κ3) is 3.56. The van der Waals surface area contributed by atoms with Gasteiger partial charge < -0.3 is 4.90 Å². The van der Waals surface area contributed by atoms with E-state index in [-0.39, 0.29) is 5.91 Å². The smallest absolute Gasteiger partial charge is 0.236 e. The van der Waals surface area contributed by atoms with Gasteiger partial charge >= 0.3 is 0 Å². The van der Waals surface area contributed by atoms with E-state index in [2.05, 4.69) is 15.9 Å². The van der Waals surface area contributed by atoms with Gasteiger partial charge in [-0.15, -0.1) is 0 Å². The second-order valence-electron chi connectivity index (χ2n) is 7.56. The molecule has 2 fully saturated rings. The maximum absolute atomic E-state index is 12.7. The molecule has 5 heteroatoms. The van der Waals surface area contributed by atoms with Crippen LogP contribution in [0.3, 0.4) is 0 Å². The molecule has 1 aromatic carbocycles. The molecule has 1 saturated carbocycles. The third-order valence-corrected chi connectivity index (χ3v) is 6.04. The molecule has 132 valence electrons. The van der Waals surface area contributed by atoms with Crippen LogP contribution in [0.2, 0.25) is 0 Å². The molecular weight excluding hydrogens is 312 g/mol. The van der Waals surface area contributed by atoms with Gasteiger partial charge in [-0.2, -0.15) is 5.26 Å². The molecule has 1 saturated heterocycles. The van der Waals surface area contributed by atoms with Gasteiger partial charge in [-0.1, -0.05) is 12.5 Å². The van der Waals surface area contributed by atoms with Crippen molar-refractivity contribution >= 4 is 5.91 Å². The van der Waals surface area contributed by atoms with Crippen molar-refractivity contribution in [1.29, 1.82) is 5.26 Å². The number of carbonyl (C=O) groups excluding carboxylic acids is 1. The van der Waals surface area contributed by atoms with Crippen molar-refractivity contribution in [1.82, 2.24) is 14.7 Å². The molecule has 1 aromatic rings. The Morgan fingerprint density at radius 1 is 1.12 bits per heavy atom. The highest BCUT2D eigenvalue weighted by molar-refractivity contribution is 5.78. The number of nitriles is 1. The fraction of sp³-hybridized carbons (Fsp3) is 0.600. The van der Waals surface area contributed by atoms with E-state index in [9.17, 15) is 4.79 Å². The van der Waals surface area contributed by atoms with Gasteiger partial charge in [0.1, 0.15) is 0 Å². The minimum Gasteiger partial charge on any atom is -0.339 e. The molecule has 5 nitrogen and oxygen atoms in total. The number of amides is 1. The molecule has 0 spiro atoms. The third-order valence-electron chi connectivity index (χ3n) is 6.04. The Morgan fingerprint density at radius 2 is 1.92 bits per heavy atom. The summed E-state index contributed by atoms with van der Waals surface area (Å²) in [6, 6.07) is 8.91. The zero-order valence-corrected chi connectivity index (χ0v) is 14.8. The Kier molecular flexibility index (Phi) is 4.74. The molecule has 2 aliphatic heterocycles. The number of benzene rings is 1. The molecule has 0 aromatic heterocycles. The van der Waals surface area contributed by atoms with Crippen molar-refractivity contribution in [2.24, 2.45) is 0 Å². The zero-order valence-electron chi connectivity index (χ0n) is 14.8. The minimum atomic E-state index is 0.269. The summed E-state index contributed by atoms with van der Waals surface area (Å²) in [4.78, 5) is 19.5. The monoisotopic (exact) mass is 338 g/mol. The van der Waals surface area contributed by atoms with Gasteiger partial charge in [-0.3, -0.25) is 14.6 Å². The molecule has 0 radical (unpaired) electrons. The maximum atomic E-state index is 12.7. The van der Waals surface area contributed by atoms with E-state index in [0.717, 1.165) is 57.3 Å². The SMILES string of the molecule is N#Cc1ccc2c(c1)CCN(CC(=O)N1CCN(C3CCC3)CC1)C2. The molecular formula is C20H26N4O. The molecule has 0 N–H and O–H groups in total. The summed E-state index contributed by atoms with van der Waals surface area (Å²) in [5.74, 6) is 0.269. The Hall–Kier alpha value is -1.90. The average molecular weight is 338 g/mol. The molecule has 25 heavy (non-hydrogen) atoms. The van der Waals surface area contributed by atoms with E-state index in [1.54, 1.807) is 0 Å². The molecule has 0 atom stereocenters. The highest BCUT2D eigenvalue weighted by Crippen LogP contribution is 2.25. The van der Waals surface area contributed by atoms with Crippen molar-refractivity contribution < 1.29 is 4.79 Å². The topological polar surface area (TPSA) is 50.6 Å². The standard InChI is InChI=1S/C20H26N4O/c21-13-16-4-5-18-14-22(7-6-17(18)12-16)15-20(25)24-10-8-23(9-11-24)19-2-1-3-19/h4-5,12,19H,1-3,6-11,14-15H2. The fourth-order valence-electron chi connectivity index (χ4n) is 4.20. The van der Waals surface area contributed by atoms with Gasteiger partial charge in [0.15, 0.2) is 0 Å². The molecule has 3 aliphatic rings. The predicted octanol–water partition coefficient (Wildman–Crippen LogP) is 1.61. The van der Waals surface area contributed by atoms with Crippen molar-refractivity contribution in [2.75, 3.05) is 39.3 Å². The van der Waals surface area contributed by atoms with Gasteiger partial charge in [0.05, 0.1) is 18.2 Å². The number of hydrogen-bond donors (Lipinski definition) is 0. The lowest BCUT2D eigenvalue weighted by molar-refractivity contribution is -0.135. The van der Waals surface area contributed by atoms with Crippen LogP contribution in [0.5, 0.6) is 0 Å². The van der Waals surface area contributed by atoms with Crippen LogP contribution in [0.25, 0.3) is 0 Å². The maximum Gasteiger partial charge on any atom is 0.236 e. The molecule has 2 heterocycles. The van der Waals surface area contributed by atoms with Crippen LogP contribution < -0.4 is 0 Å². The molecule has 1 aliphatic carbocycles. The summed E-state index contributed by atoms with van der Waals surface area (Å²) in [6.45, 7) is 6.07. The summed E-state index contributed by atoms with van der Waals surface area (Å²) in [5, 5.41) is 9.01. The van der Waals surface area contributed by atoms with Crippen LogP contribution in [0.1, 0.15) is 36.0 Å². The summed E-state index contributed by atoms with van der Waals surface area (Å²) >= 11 is 0. The van der Waals surface area contributed by atoms with E-state index >= 15 is 0 Å². The Bertz CT molecular complexity index is 683. The first-order valence-corrected chi connectivity index (χ1v) is 9.49. The van der Waals surface area contributed by atoms with Crippen molar-refractivity contribution in [2.45, 2.75) is 38.3 Å². The highest BCUT2D eigenvalue weighted by Gasteiger charge is 2.30. The van der Waals surface area contributed by atoms with Crippen LogP contribution in [-0.4, -0.2) is 65.9 Å². The minimum absolute atomic E-state index is 0.269. The second kappa shape index (κ2) is 7.15. The summed E-state index contributed by atoms with van der Waals surface area (Å²) in [7, 11) is 0. The highest BCUT2D eigenvalue weighted by atomic mass is 16.2. The number of fused-ring (bicyclic) bond motifs is 1. The van der Waals surface area contributed by atoms with Crippen LogP contribution in [0, 0.1) is 11.3 Å². The predicted molar refractivity (Wildman–Crippen MR) is 95.9 cm³/mol. The lowest BCUT2D eigenvalue weighted by atomic mass is 9.91. The van der Waals surface area contributed by atoms with E-state index in [4.69, 9.17) is 5.26 Å². The van der Waals surface area contributed by atoms with E-state index < -0.39 is 0 Å². The van der Waals surface area contributed by atoms with E-state index in [1.807, 2.05) is 23.1 Å². The zero-order chi connectivity index (χ0) is 17.2. The van der Waals surface area contributed by atoms with Gasteiger partial charge in [-0.05, 0) is 42.5 Å². The molecule has 0 unspecified atom stereocenters. The van der Waals surface area contributed by atoms with Gasteiger partial charge in [0.25, 0.3) is 0 Å². The summed E-state index contributed by atoms with van der Waals surface area (Å²) < 4.78 is 0. The quantitative estimate of drug-likeness (QED) is 0.840. The molecule has 0 bridgehead atoms. The van der Waals surface area contributed by atoms with Crippen molar-refractivity contribution in [3.05, 3.63) is 34.9 Å². The first-order valence-electron chi connectivity index (χ1n) is 9.49. The average Bonchev–Trinajstić information content (AvgIpc) is 2.60. The van der Waals surface area contributed by atoms with Crippen molar-refractivity contribution in [3.63, 3.8) is 0 Å². The van der Waals surface area contributed by atoms with E-state index in [1.165, 1.54) is 30.4 Å². The Morgan fingerprint density at radius 3 is 2.60 bits per heavy atom. The van der Waals surface area contributed by atoms with Crippen LogP contribution in [-0.2, 0) is 17.8 Å². The summed E-state index contributed by atoms with van der Waals surface area (Å²) in [6.07, 6.45) is 4.98. The number of piperazine rings is 1. The number of nitrogens with zero attached hydrogens (tertiary/aromatic N) is 4. The largest absolute Gasteiger partial charge is 0.339 e. The van der Waals surface area contributed by atoms with Crippen molar-refractivity contribution in [3.8, 4) is 6.07 Å². The fourth-order valence-corrected chi connectivity index (χ4v) is 4.20. The van der Waals surface area contributed by atoms with Crippen LogP contribution in [0.4, 0.5) is 0 Å². The van der Waals surface area contributed by atoms with Gasteiger partial charge in [-0.25, -0.2) is 0 Å². The number of rotatable bonds is 3. The first-order chi connectivity index (χ1) is 12.2. The Labute approximate surface area is 149 Å². The first kappa shape index (κ1) is 16.6. The van der Waals surface area contributed by atoms with Gasteiger partial charge in [0.2, 0.25) is 5.91 Å². The van der Waals surface area contributed by atoms with Gasteiger partial charge in [0, 0.05) is 45.3 Å².